The Hall–Kier alpha value is -0.677. The molecule has 0 radical (unpaired) electrons. The first-order valence-electron chi connectivity index (χ1n) is 7.37. The summed E-state index contributed by atoms with van der Waals surface area (Å²) in [6, 6.07) is 9.06. The SMILES string of the molecule is CC1=[C]([Zr]2([CH]3C=Cc4ccccc43)[CH2][CH]2C)CC=C1. The molecule has 1 aliphatic heterocycles. The minimum absolute atomic E-state index is 0.811. The van der Waals surface area contributed by atoms with Gasteiger partial charge in [-0.3, -0.25) is 0 Å². The zero-order valence-electron chi connectivity index (χ0n) is 11.7. The second-order valence-corrected chi connectivity index (χ2v) is 17.9. The number of hydrogen-bond acceptors (Lipinski definition) is 0. The van der Waals surface area contributed by atoms with Gasteiger partial charge in [0.25, 0.3) is 0 Å². The van der Waals surface area contributed by atoms with Crippen LogP contribution in [0.5, 0.6) is 0 Å². The average molecular weight is 328 g/mol. The Bertz CT molecular complexity index is 635. The van der Waals surface area contributed by atoms with Crippen molar-refractivity contribution in [3.8, 4) is 0 Å². The first-order chi connectivity index (χ1) is 9.23. The summed E-state index contributed by atoms with van der Waals surface area (Å²) in [5, 5.41) is 0. The molecule has 19 heavy (non-hydrogen) atoms. The Balaban J connectivity index is 1.81. The third-order valence-corrected chi connectivity index (χ3v) is 20.3. The van der Waals surface area contributed by atoms with Crippen LogP contribution in [0.3, 0.4) is 0 Å². The molecular formula is C18H20Zr. The predicted octanol–water partition coefficient (Wildman–Crippen LogP) is 5.38. The Kier molecular flexibility index (Phi) is 2.65. The van der Waals surface area contributed by atoms with Gasteiger partial charge < -0.3 is 0 Å². The third-order valence-electron chi connectivity index (χ3n) is 5.45. The molecule has 96 valence electrons. The first-order valence-corrected chi connectivity index (χ1v) is 13.2. The summed E-state index contributed by atoms with van der Waals surface area (Å²) in [7, 11) is 0. The molecule has 0 spiro atoms. The van der Waals surface area contributed by atoms with Crippen LogP contribution < -0.4 is 0 Å². The van der Waals surface area contributed by atoms with Crippen molar-refractivity contribution in [2.45, 2.75) is 31.6 Å². The zero-order chi connectivity index (χ0) is 13.0. The Morgan fingerprint density at radius 1 is 1.16 bits per heavy atom. The summed E-state index contributed by atoms with van der Waals surface area (Å²) >= 11 is -2.14. The third kappa shape index (κ3) is 1.61. The molecule has 0 aromatic heterocycles. The molecule has 0 nitrogen and oxygen atoms in total. The molecular weight excluding hydrogens is 307 g/mol. The number of benzene rings is 1. The van der Waals surface area contributed by atoms with Gasteiger partial charge in [-0.1, -0.05) is 0 Å². The molecule has 0 saturated carbocycles. The van der Waals surface area contributed by atoms with Crippen molar-refractivity contribution in [1.82, 2.24) is 0 Å². The Morgan fingerprint density at radius 3 is 2.63 bits per heavy atom. The van der Waals surface area contributed by atoms with Gasteiger partial charge in [0.2, 0.25) is 0 Å². The molecule has 3 unspecified atom stereocenters. The van der Waals surface area contributed by atoms with Crippen molar-refractivity contribution < 1.29 is 20.3 Å². The van der Waals surface area contributed by atoms with Crippen LogP contribution in [0.15, 0.2) is 51.3 Å². The molecule has 1 aromatic carbocycles. The van der Waals surface area contributed by atoms with E-state index < -0.39 is 20.3 Å². The van der Waals surface area contributed by atoms with Crippen LogP contribution in [-0.2, 0) is 20.3 Å². The molecule has 1 aromatic rings. The fourth-order valence-electron chi connectivity index (χ4n) is 4.36. The quantitative estimate of drug-likeness (QED) is 0.684. The maximum atomic E-state index is 2.54. The van der Waals surface area contributed by atoms with Crippen molar-refractivity contribution in [3.05, 3.63) is 62.5 Å². The van der Waals surface area contributed by atoms with E-state index in [1.165, 1.54) is 12.0 Å². The van der Waals surface area contributed by atoms with Crippen LogP contribution in [0.25, 0.3) is 6.08 Å². The second kappa shape index (κ2) is 4.16. The van der Waals surface area contributed by atoms with E-state index in [9.17, 15) is 0 Å². The Labute approximate surface area is 120 Å². The standard InChI is InChI=1S/C9H7.C6H7.C3H6.Zr/c1-2-5-9-7-3-6-8(9)4-1;1-6-4-2-3-5-6;1-3-2;/h1-7H;2,4H,3H2,1H3;3H,1H2,2H3;. The number of rotatable bonds is 2. The van der Waals surface area contributed by atoms with E-state index in [1.807, 2.05) is 3.28 Å². The van der Waals surface area contributed by atoms with Crippen molar-refractivity contribution in [2.75, 3.05) is 0 Å². The monoisotopic (exact) mass is 326 g/mol. The van der Waals surface area contributed by atoms with E-state index >= 15 is 0 Å². The summed E-state index contributed by atoms with van der Waals surface area (Å²) in [5.41, 5.74) is 4.72. The molecule has 2 aliphatic carbocycles. The van der Waals surface area contributed by atoms with E-state index in [2.05, 4.69) is 62.4 Å². The van der Waals surface area contributed by atoms with Gasteiger partial charge in [-0.15, -0.1) is 0 Å². The second-order valence-electron chi connectivity index (χ2n) is 6.38. The summed E-state index contributed by atoms with van der Waals surface area (Å²) in [4.78, 5) is 0. The van der Waals surface area contributed by atoms with Crippen LogP contribution >= 0.6 is 0 Å². The van der Waals surface area contributed by atoms with Crippen molar-refractivity contribution in [3.63, 3.8) is 0 Å². The summed E-state index contributed by atoms with van der Waals surface area (Å²) < 4.78 is 5.31. The zero-order valence-corrected chi connectivity index (χ0v) is 14.1. The van der Waals surface area contributed by atoms with E-state index in [4.69, 9.17) is 0 Å². The van der Waals surface area contributed by atoms with Gasteiger partial charge in [0.1, 0.15) is 0 Å². The topological polar surface area (TPSA) is 0 Å². The summed E-state index contributed by atoms with van der Waals surface area (Å²) in [6.45, 7) is 4.86. The van der Waals surface area contributed by atoms with E-state index in [0.717, 1.165) is 7.25 Å². The van der Waals surface area contributed by atoms with Crippen LogP contribution in [0.1, 0.15) is 35.0 Å². The van der Waals surface area contributed by atoms with E-state index in [1.54, 1.807) is 15.3 Å². The van der Waals surface area contributed by atoms with E-state index in [-0.39, 0.29) is 0 Å². The van der Waals surface area contributed by atoms with Gasteiger partial charge in [-0.25, -0.2) is 0 Å². The molecule has 0 N–H and O–H groups in total. The number of fused-ring (bicyclic) bond motifs is 1. The van der Waals surface area contributed by atoms with Crippen molar-refractivity contribution >= 4 is 6.08 Å². The molecule has 0 bridgehead atoms. The minimum atomic E-state index is -2.14. The van der Waals surface area contributed by atoms with E-state index in [0.29, 0.717) is 0 Å². The first kappa shape index (κ1) is 12.1. The van der Waals surface area contributed by atoms with Crippen molar-refractivity contribution in [1.29, 1.82) is 0 Å². The van der Waals surface area contributed by atoms with Gasteiger partial charge >= 0.3 is 120 Å². The van der Waals surface area contributed by atoms with Crippen LogP contribution in [0.2, 0.25) is 7.75 Å². The average Bonchev–Trinajstić information content (AvgIpc) is 2.83. The molecule has 1 heterocycles. The molecule has 1 fully saturated rings. The Morgan fingerprint density at radius 2 is 1.95 bits per heavy atom. The molecule has 1 saturated heterocycles. The molecule has 0 amide bonds. The predicted molar refractivity (Wildman–Crippen MR) is 78.9 cm³/mol. The fraction of sp³-hybridized carbons (Fsp3) is 0.333. The van der Waals surface area contributed by atoms with Crippen LogP contribution in [-0.4, -0.2) is 0 Å². The molecule has 1 heteroatoms. The van der Waals surface area contributed by atoms with Crippen LogP contribution in [0, 0.1) is 0 Å². The van der Waals surface area contributed by atoms with Crippen molar-refractivity contribution in [2.24, 2.45) is 0 Å². The van der Waals surface area contributed by atoms with Crippen LogP contribution in [0.4, 0.5) is 0 Å². The summed E-state index contributed by atoms with van der Waals surface area (Å²) in [6.07, 6.45) is 10.9. The van der Waals surface area contributed by atoms with Gasteiger partial charge in [0, 0.05) is 0 Å². The number of allylic oxidation sites excluding steroid dienone is 5. The molecule has 3 aliphatic rings. The van der Waals surface area contributed by atoms with Gasteiger partial charge in [-0.2, -0.15) is 0 Å². The molecule has 3 atom stereocenters. The maximum absolute atomic E-state index is 2.54. The van der Waals surface area contributed by atoms with Gasteiger partial charge in [0.05, 0.1) is 0 Å². The number of hydrogen-bond donors (Lipinski definition) is 0. The normalized spacial score (nSPS) is 35.1. The summed E-state index contributed by atoms with van der Waals surface area (Å²) in [5.74, 6) is 0. The van der Waals surface area contributed by atoms with Gasteiger partial charge in [-0.05, 0) is 0 Å². The molecule has 4 rings (SSSR count). The fourth-order valence-corrected chi connectivity index (χ4v) is 21.2. The van der Waals surface area contributed by atoms with Gasteiger partial charge in [0.15, 0.2) is 0 Å².